The fourth-order valence-electron chi connectivity index (χ4n) is 3.34. The first-order chi connectivity index (χ1) is 12.9. The molecule has 122 valence electrons. The average molecular weight is 332 g/mol. The van der Waals surface area contributed by atoms with Gasteiger partial charge < -0.3 is 0 Å². The van der Waals surface area contributed by atoms with E-state index in [2.05, 4.69) is 54.6 Å². The monoisotopic (exact) mass is 332 g/mol. The molecule has 3 aromatic carbocycles. The van der Waals surface area contributed by atoms with Crippen molar-refractivity contribution in [2.75, 3.05) is 0 Å². The molecule has 0 aliphatic carbocycles. The molecular formula is C24H16N2. The lowest BCUT2D eigenvalue weighted by Gasteiger charge is -2.11. The lowest BCUT2D eigenvalue weighted by atomic mass is 10.00. The summed E-state index contributed by atoms with van der Waals surface area (Å²) in [7, 11) is 0. The minimum absolute atomic E-state index is 0.945. The van der Waals surface area contributed by atoms with Crippen LogP contribution in [-0.2, 0) is 0 Å². The van der Waals surface area contributed by atoms with Crippen LogP contribution in [0.2, 0.25) is 0 Å². The lowest BCUT2D eigenvalue weighted by molar-refractivity contribution is 1.35. The number of para-hydroxylation sites is 2. The molecule has 0 atom stereocenters. The standard InChI is InChI=1S/C24H16N2/c1-2-9-18(10-3-1)24-20(16-19-11-5-7-13-22(19)26-24)23-15-14-17-8-4-6-12-21(17)25-23/h1-16H. The number of pyridine rings is 2. The van der Waals surface area contributed by atoms with Gasteiger partial charge in [0.15, 0.2) is 0 Å². The van der Waals surface area contributed by atoms with Crippen LogP contribution in [0.15, 0.2) is 97.1 Å². The largest absolute Gasteiger partial charge is 0.248 e. The number of fused-ring (bicyclic) bond motifs is 2. The minimum Gasteiger partial charge on any atom is -0.248 e. The Bertz CT molecular complexity index is 1230. The van der Waals surface area contributed by atoms with Crippen molar-refractivity contribution in [3.63, 3.8) is 0 Å². The van der Waals surface area contributed by atoms with E-state index in [9.17, 15) is 0 Å². The smallest absolute Gasteiger partial charge is 0.0803 e. The number of benzene rings is 3. The van der Waals surface area contributed by atoms with E-state index in [0.717, 1.165) is 44.3 Å². The molecule has 0 spiro atoms. The first-order valence-electron chi connectivity index (χ1n) is 8.70. The van der Waals surface area contributed by atoms with Gasteiger partial charge in [-0.2, -0.15) is 0 Å². The van der Waals surface area contributed by atoms with Crippen LogP contribution >= 0.6 is 0 Å². The molecule has 0 aliphatic heterocycles. The van der Waals surface area contributed by atoms with Gasteiger partial charge in [-0.05, 0) is 24.3 Å². The summed E-state index contributed by atoms with van der Waals surface area (Å²) in [6, 6.07) is 33.1. The van der Waals surface area contributed by atoms with E-state index < -0.39 is 0 Å². The first kappa shape index (κ1) is 14.8. The molecule has 0 bridgehead atoms. The molecule has 0 N–H and O–H groups in total. The average Bonchev–Trinajstić information content (AvgIpc) is 2.73. The molecule has 0 unspecified atom stereocenters. The molecule has 0 saturated heterocycles. The number of hydrogen-bond acceptors (Lipinski definition) is 2. The molecule has 2 heteroatoms. The van der Waals surface area contributed by atoms with Gasteiger partial charge in [0.1, 0.15) is 0 Å². The van der Waals surface area contributed by atoms with Crippen LogP contribution in [0.25, 0.3) is 44.3 Å². The zero-order valence-electron chi connectivity index (χ0n) is 14.1. The maximum Gasteiger partial charge on any atom is 0.0803 e. The highest BCUT2D eigenvalue weighted by Crippen LogP contribution is 2.33. The van der Waals surface area contributed by atoms with Crippen molar-refractivity contribution in [3.05, 3.63) is 97.1 Å². The summed E-state index contributed by atoms with van der Waals surface area (Å²) >= 11 is 0. The third kappa shape index (κ3) is 2.52. The van der Waals surface area contributed by atoms with Gasteiger partial charge in [0.2, 0.25) is 0 Å². The van der Waals surface area contributed by atoms with Gasteiger partial charge in [0, 0.05) is 21.9 Å². The van der Waals surface area contributed by atoms with Crippen molar-refractivity contribution in [1.29, 1.82) is 0 Å². The maximum absolute atomic E-state index is 4.96. The van der Waals surface area contributed by atoms with Crippen molar-refractivity contribution in [2.45, 2.75) is 0 Å². The van der Waals surface area contributed by atoms with Crippen LogP contribution in [0.5, 0.6) is 0 Å². The minimum atomic E-state index is 0.945. The molecule has 0 radical (unpaired) electrons. The predicted octanol–water partition coefficient (Wildman–Crippen LogP) is 6.12. The molecule has 0 amide bonds. The number of aromatic nitrogens is 2. The van der Waals surface area contributed by atoms with Gasteiger partial charge in [-0.3, -0.25) is 0 Å². The zero-order valence-corrected chi connectivity index (χ0v) is 14.1. The zero-order chi connectivity index (χ0) is 17.3. The summed E-state index contributed by atoms with van der Waals surface area (Å²) in [6.07, 6.45) is 0. The third-order valence-corrected chi connectivity index (χ3v) is 4.65. The van der Waals surface area contributed by atoms with Crippen molar-refractivity contribution in [2.24, 2.45) is 0 Å². The second kappa shape index (κ2) is 6.08. The van der Waals surface area contributed by atoms with E-state index in [4.69, 9.17) is 9.97 Å². The van der Waals surface area contributed by atoms with Crippen molar-refractivity contribution in [3.8, 4) is 22.5 Å². The summed E-state index contributed by atoms with van der Waals surface area (Å²) in [6.45, 7) is 0. The SMILES string of the molecule is c1ccc(-c2nc3ccccc3cc2-c2ccc3ccccc3n2)cc1. The number of nitrogens with zero attached hydrogens (tertiary/aromatic N) is 2. The van der Waals surface area contributed by atoms with Crippen LogP contribution in [0.3, 0.4) is 0 Å². The van der Waals surface area contributed by atoms with Gasteiger partial charge in [-0.1, -0.05) is 72.8 Å². The maximum atomic E-state index is 4.96. The molecule has 0 aliphatic rings. The molecule has 0 saturated carbocycles. The highest BCUT2D eigenvalue weighted by atomic mass is 14.7. The summed E-state index contributed by atoms with van der Waals surface area (Å²) in [5.41, 5.74) is 6.06. The van der Waals surface area contributed by atoms with E-state index in [1.807, 2.05) is 42.5 Å². The Kier molecular flexibility index (Phi) is 3.46. The first-order valence-corrected chi connectivity index (χ1v) is 8.70. The summed E-state index contributed by atoms with van der Waals surface area (Å²) < 4.78 is 0. The summed E-state index contributed by atoms with van der Waals surface area (Å²) in [5.74, 6) is 0. The Hall–Kier alpha value is -3.52. The molecule has 5 rings (SSSR count). The number of rotatable bonds is 2. The Labute approximate surface area is 151 Å². The van der Waals surface area contributed by atoms with Gasteiger partial charge >= 0.3 is 0 Å². The lowest BCUT2D eigenvalue weighted by Crippen LogP contribution is -1.93. The topological polar surface area (TPSA) is 25.8 Å². The molecule has 26 heavy (non-hydrogen) atoms. The van der Waals surface area contributed by atoms with E-state index in [-0.39, 0.29) is 0 Å². The molecule has 0 fully saturated rings. The van der Waals surface area contributed by atoms with Gasteiger partial charge in [-0.15, -0.1) is 0 Å². The van der Waals surface area contributed by atoms with Crippen LogP contribution in [0.4, 0.5) is 0 Å². The Balaban J connectivity index is 1.81. The Morgan fingerprint density at radius 1 is 0.500 bits per heavy atom. The van der Waals surface area contributed by atoms with Crippen molar-refractivity contribution < 1.29 is 0 Å². The molecule has 2 aromatic heterocycles. The Morgan fingerprint density at radius 3 is 1.96 bits per heavy atom. The summed E-state index contributed by atoms with van der Waals surface area (Å²) in [4.78, 5) is 9.86. The third-order valence-electron chi connectivity index (χ3n) is 4.65. The van der Waals surface area contributed by atoms with Gasteiger partial charge in [0.25, 0.3) is 0 Å². The van der Waals surface area contributed by atoms with Gasteiger partial charge in [-0.25, -0.2) is 9.97 Å². The fourth-order valence-corrected chi connectivity index (χ4v) is 3.34. The van der Waals surface area contributed by atoms with Crippen LogP contribution in [0, 0.1) is 0 Å². The van der Waals surface area contributed by atoms with E-state index in [1.165, 1.54) is 0 Å². The van der Waals surface area contributed by atoms with Gasteiger partial charge in [0.05, 0.1) is 22.4 Å². The van der Waals surface area contributed by atoms with Crippen molar-refractivity contribution in [1.82, 2.24) is 9.97 Å². The fraction of sp³-hybridized carbons (Fsp3) is 0. The Morgan fingerprint density at radius 2 is 1.15 bits per heavy atom. The van der Waals surface area contributed by atoms with E-state index in [1.54, 1.807) is 0 Å². The van der Waals surface area contributed by atoms with E-state index >= 15 is 0 Å². The predicted molar refractivity (Wildman–Crippen MR) is 108 cm³/mol. The second-order valence-corrected chi connectivity index (χ2v) is 6.33. The molecule has 2 nitrogen and oxygen atoms in total. The molecule has 2 heterocycles. The van der Waals surface area contributed by atoms with Crippen LogP contribution in [0.1, 0.15) is 0 Å². The normalized spacial score (nSPS) is 11.1. The number of hydrogen-bond donors (Lipinski definition) is 0. The van der Waals surface area contributed by atoms with Crippen LogP contribution < -0.4 is 0 Å². The highest BCUT2D eigenvalue weighted by molar-refractivity contribution is 5.92. The summed E-state index contributed by atoms with van der Waals surface area (Å²) in [5, 5.41) is 2.27. The highest BCUT2D eigenvalue weighted by Gasteiger charge is 2.12. The molecule has 5 aromatic rings. The van der Waals surface area contributed by atoms with E-state index in [0.29, 0.717) is 0 Å². The second-order valence-electron chi connectivity index (χ2n) is 6.33. The molecular weight excluding hydrogens is 316 g/mol. The van der Waals surface area contributed by atoms with Crippen LogP contribution in [-0.4, -0.2) is 9.97 Å². The van der Waals surface area contributed by atoms with Crippen molar-refractivity contribution >= 4 is 21.8 Å². The quantitative estimate of drug-likeness (QED) is 0.389.